The van der Waals surface area contributed by atoms with E-state index in [1.165, 1.54) is 0 Å². The van der Waals surface area contributed by atoms with Crippen molar-refractivity contribution in [1.29, 1.82) is 0 Å². The second-order valence-corrected chi connectivity index (χ2v) is 3.52. The average molecular weight is 184 g/mol. The number of carboxylic acids is 1. The number of aliphatic carboxylic acids is 1. The minimum atomic E-state index is -0.904. The molecule has 13 heavy (non-hydrogen) atoms. The predicted octanol–water partition coefficient (Wildman–Crippen LogP) is 2.48. The van der Waals surface area contributed by atoms with Crippen LogP contribution in [0.25, 0.3) is 0 Å². The van der Waals surface area contributed by atoms with Gasteiger partial charge in [0, 0.05) is 0 Å². The Labute approximate surface area is 78.1 Å². The number of aliphatic hydroxyl groups excluding tert-OH is 1. The predicted molar refractivity (Wildman–Crippen MR) is 49.5 cm³/mol. The summed E-state index contributed by atoms with van der Waals surface area (Å²) < 4.78 is 0. The van der Waals surface area contributed by atoms with Gasteiger partial charge in [0.15, 0.2) is 0 Å². The maximum Gasteiger partial charge on any atom is 0.314 e. The van der Waals surface area contributed by atoms with Gasteiger partial charge in [-0.2, -0.15) is 0 Å². The largest absolute Gasteiger partial charge is 0.511 e. The molecule has 0 bridgehead atoms. The van der Waals surface area contributed by atoms with Crippen LogP contribution in [0.5, 0.6) is 0 Å². The van der Waals surface area contributed by atoms with E-state index in [1.807, 2.05) is 6.92 Å². The zero-order valence-electron chi connectivity index (χ0n) is 7.92. The van der Waals surface area contributed by atoms with E-state index in [2.05, 4.69) is 0 Å². The van der Waals surface area contributed by atoms with Gasteiger partial charge in [-0.15, -0.1) is 0 Å². The zero-order chi connectivity index (χ0) is 9.84. The highest BCUT2D eigenvalue weighted by Gasteiger charge is 2.26. The standard InChI is InChI=1S/C10H16O3/c1-2-4-8(10(12)13)9(11)7-5-3-6-7/h8,11H,2-6H2,1H3,(H,12,13). The first-order valence-electron chi connectivity index (χ1n) is 4.80. The van der Waals surface area contributed by atoms with Gasteiger partial charge >= 0.3 is 5.97 Å². The lowest BCUT2D eigenvalue weighted by atomic mass is 9.86. The summed E-state index contributed by atoms with van der Waals surface area (Å²) in [7, 11) is 0. The molecule has 0 spiro atoms. The van der Waals surface area contributed by atoms with Crippen LogP contribution in [-0.4, -0.2) is 16.2 Å². The van der Waals surface area contributed by atoms with Gasteiger partial charge in [0.05, 0.1) is 0 Å². The Kier molecular flexibility index (Phi) is 3.34. The first-order valence-corrected chi connectivity index (χ1v) is 4.80. The van der Waals surface area contributed by atoms with Gasteiger partial charge in [0.1, 0.15) is 11.7 Å². The molecule has 1 rings (SSSR count). The lowest BCUT2D eigenvalue weighted by Gasteiger charge is -2.21. The second kappa shape index (κ2) is 4.30. The molecule has 0 amide bonds. The number of carboxylic acid groups (broad SMARTS) is 1. The van der Waals surface area contributed by atoms with Crippen molar-refractivity contribution in [2.75, 3.05) is 0 Å². The summed E-state index contributed by atoms with van der Waals surface area (Å²) in [6.45, 7) is 1.93. The Bertz CT molecular complexity index is 224. The van der Waals surface area contributed by atoms with Crippen LogP contribution in [-0.2, 0) is 4.79 Å². The topological polar surface area (TPSA) is 57.5 Å². The van der Waals surface area contributed by atoms with Crippen molar-refractivity contribution in [2.45, 2.75) is 39.0 Å². The van der Waals surface area contributed by atoms with Crippen molar-refractivity contribution in [3.63, 3.8) is 0 Å². The second-order valence-electron chi connectivity index (χ2n) is 3.52. The van der Waals surface area contributed by atoms with Crippen LogP contribution in [0.1, 0.15) is 39.0 Å². The van der Waals surface area contributed by atoms with Crippen LogP contribution in [0, 0.1) is 5.92 Å². The molecule has 1 saturated carbocycles. The summed E-state index contributed by atoms with van der Waals surface area (Å²) in [5, 5.41) is 18.5. The Hall–Kier alpha value is -0.990. The molecule has 1 aliphatic carbocycles. The van der Waals surface area contributed by atoms with Gasteiger partial charge in [0.25, 0.3) is 0 Å². The highest BCUT2D eigenvalue weighted by molar-refractivity contribution is 5.73. The summed E-state index contributed by atoms with van der Waals surface area (Å²) in [5.41, 5.74) is 0.945. The van der Waals surface area contributed by atoms with E-state index in [1.54, 1.807) is 0 Å². The molecule has 0 aliphatic heterocycles. The van der Waals surface area contributed by atoms with E-state index < -0.39 is 11.9 Å². The van der Waals surface area contributed by atoms with Crippen molar-refractivity contribution in [2.24, 2.45) is 5.92 Å². The normalized spacial score (nSPS) is 17.8. The molecule has 0 heterocycles. The van der Waals surface area contributed by atoms with Crippen LogP contribution in [0.2, 0.25) is 0 Å². The average Bonchev–Trinajstić information content (AvgIpc) is 1.95. The number of hydrogen-bond donors (Lipinski definition) is 2. The summed E-state index contributed by atoms with van der Waals surface area (Å²) >= 11 is 0. The van der Waals surface area contributed by atoms with Crippen molar-refractivity contribution >= 4 is 5.97 Å². The zero-order valence-corrected chi connectivity index (χ0v) is 7.92. The third-order valence-corrected chi connectivity index (χ3v) is 2.52. The minimum Gasteiger partial charge on any atom is -0.511 e. The van der Waals surface area contributed by atoms with Crippen molar-refractivity contribution in [1.82, 2.24) is 0 Å². The van der Waals surface area contributed by atoms with E-state index in [9.17, 15) is 9.90 Å². The monoisotopic (exact) mass is 184 g/mol. The molecule has 1 atom stereocenters. The van der Waals surface area contributed by atoms with Crippen LogP contribution in [0.4, 0.5) is 0 Å². The molecule has 0 aromatic heterocycles. The van der Waals surface area contributed by atoms with Gasteiger partial charge in [-0.3, -0.25) is 4.79 Å². The lowest BCUT2D eigenvalue weighted by Crippen LogP contribution is -2.19. The summed E-state index contributed by atoms with van der Waals surface area (Å²) in [4.78, 5) is 10.8. The Morgan fingerprint density at radius 2 is 2.08 bits per heavy atom. The van der Waals surface area contributed by atoms with Gasteiger partial charge < -0.3 is 10.2 Å². The van der Waals surface area contributed by atoms with E-state index in [4.69, 9.17) is 5.11 Å². The Morgan fingerprint density at radius 3 is 2.38 bits per heavy atom. The van der Waals surface area contributed by atoms with E-state index >= 15 is 0 Å². The molecule has 0 saturated heterocycles. The van der Waals surface area contributed by atoms with E-state index in [0.717, 1.165) is 31.3 Å². The lowest BCUT2D eigenvalue weighted by molar-refractivity contribution is -0.141. The fraction of sp³-hybridized carbons (Fsp3) is 0.700. The summed E-state index contributed by atoms with van der Waals surface area (Å²) in [5.74, 6) is -1.44. The smallest absolute Gasteiger partial charge is 0.314 e. The third-order valence-electron chi connectivity index (χ3n) is 2.52. The molecule has 0 aromatic rings. The fourth-order valence-electron chi connectivity index (χ4n) is 1.52. The SMILES string of the molecule is CCCC(C(=O)O)C(O)=C1CCC1. The molecule has 3 nitrogen and oxygen atoms in total. The molecule has 0 radical (unpaired) electrons. The van der Waals surface area contributed by atoms with Gasteiger partial charge in [-0.05, 0) is 31.3 Å². The molecule has 3 heteroatoms. The van der Waals surface area contributed by atoms with Crippen LogP contribution < -0.4 is 0 Å². The molecule has 2 N–H and O–H groups in total. The van der Waals surface area contributed by atoms with E-state index in [-0.39, 0.29) is 5.76 Å². The number of carbonyl (C=O) groups is 1. The Balaban J connectivity index is 2.68. The van der Waals surface area contributed by atoms with Crippen molar-refractivity contribution < 1.29 is 15.0 Å². The Morgan fingerprint density at radius 1 is 1.46 bits per heavy atom. The molecule has 0 aromatic carbocycles. The number of rotatable bonds is 4. The maximum atomic E-state index is 10.8. The van der Waals surface area contributed by atoms with Crippen molar-refractivity contribution in [3.8, 4) is 0 Å². The van der Waals surface area contributed by atoms with E-state index in [0.29, 0.717) is 6.42 Å². The molecule has 74 valence electrons. The third kappa shape index (κ3) is 2.23. The molecule has 1 aliphatic rings. The van der Waals surface area contributed by atoms with Crippen molar-refractivity contribution in [3.05, 3.63) is 11.3 Å². The number of hydrogen-bond acceptors (Lipinski definition) is 2. The summed E-state index contributed by atoms with van der Waals surface area (Å²) in [6.07, 6.45) is 4.15. The quantitative estimate of drug-likeness (QED) is 0.660. The van der Waals surface area contributed by atoms with Gasteiger partial charge in [0.2, 0.25) is 0 Å². The molecule has 1 unspecified atom stereocenters. The molecular weight excluding hydrogens is 168 g/mol. The van der Waals surface area contributed by atoms with Crippen LogP contribution >= 0.6 is 0 Å². The van der Waals surface area contributed by atoms with Crippen LogP contribution in [0.3, 0.4) is 0 Å². The van der Waals surface area contributed by atoms with Gasteiger partial charge in [-0.25, -0.2) is 0 Å². The van der Waals surface area contributed by atoms with Crippen LogP contribution in [0.15, 0.2) is 11.3 Å². The van der Waals surface area contributed by atoms with Gasteiger partial charge in [-0.1, -0.05) is 13.3 Å². The highest BCUT2D eigenvalue weighted by atomic mass is 16.4. The molecular formula is C10H16O3. The number of aliphatic hydroxyl groups is 1. The fourth-order valence-corrected chi connectivity index (χ4v) is 1.52. The first-order chi connectivity index (χ1) is 6.16. The number of allylic oxidation sites excluding steroid dienone is 1. The molecule has 1 fully saturated rings. The maximum absolute atomic E-state index is 10.8. The first kappa shape index (κ1) is 10.1. The minimum absolute atomic E-state index is 0.126. The summed E-state index contributed by atoms with van der Waals surface area (Å²) in [6, 6.07) is 0. The highest BCUT2D eigenvalue weighted by Crippen LogP contribution is 2.32.